The van der Waals surface area contributed by atoms with Gasteiger partial charge in [-0.3, -0.25) is 4.79 Å². The van der Waals surface area contributed by atoms with Crippen molar-refractivity contribution in [2.24, 2.45) is 0 Å². The monoisotopic (exact) mass is 372 g/mol. The van der Waals surface area contributed by atoms with Gasteiger partial charge < -0.3 is 9.15 Å². The number of rotatable bonds is 4. The normalized spacial score (nSPS) is 10.7. The first-order chi connectivity index (χ1) is 11.1. The molecule has 0 fully saturated rings. The van der Waals surface area contributed by atoms with Crippen molar-refractivity contribution in [2.75, 3.05) is 6.61 Å². The number of furan rings is 1. The van der Waals surface area contributed by atoms with Crippen LogP contribution in [0.2, 0.25) is 0 Å². The molecule has 116 valence electrons. The Kier molecular flexibility index (Phi) is 4.30. The number of carbonyl (C=O) groups is 2. The molecule has 0 aliphatic carbocycles. The number of benzene rings is 2. The average molecular weight is 373 g/mol. The van der Waals surface area contributed by atoms with Crippen LogP contribution in [0.1, 0.15) is 26.5 Å². The molecule has 3 aromatic rings. The number of aryl methyl sites for hydroxylation is 1. The number of hydrogen-bond acceptors (Lipinski definition) is 4. The largest absolute Gasteiger partial charge is 0.451 e. The van der Waals surface area contributed by atoms with Crippen molar-refractivity contribution < 1.29 is 18.7 Å². The van der Waals surface area contributed by atoms with E-state index >= 15 is 0 Å². The van der Waals surface area contributed by atoms with Crippen molar-refractivity contribution in [1.82, 2.24) is 0 Å². The predicted molar refractivity (Wildman–Crippen MR) is 89.7 cm³/mol. The molecule has 0 atom stereocenters. The summed E-state index contributed by atoms with van der Waals surface area (Å²) in [4.78, 5) is 24.2. The zero-order valence-electron chi connectivity index (χ0n) is 12.3. The van der Waals surface area contributed by atoms with Crippen LogP contribution >= 0.6 is 15.9 Å². The molecule has 0 radical (unpaired) electrons. The number of Topliss-reactive ketones (excluding diaryl/α,β-unsaturated/α-hetero) is 1. The van der Waals surface area contributed by atoms with E-state index in [-0.39, 0.29) is 18.2 Å². The summed E-state index contributed by atoms with van der Waals surface area (Å²) in [5.41, 5.74) is 1.81. The Balaban J connectivity index is 1.74. The molecule has 1 aromatic heterocycles. The quantitative estimate of drug-likeness (QED) is 0.498. The molecule has 0 amide bonds. The maximum Gasteiger partial charge on any atom is 0.375 e. The average Bonchev–Trinajstić information content (AvgIpc) is 2.90. The van der Waals surface area contributed by atoms with Gasteiger partial charge in [-0.2, -0.15) is 0 Å². The van der Waals surface area contributed by atoms with Crippen LogP contribution in [0.4, 0.5) is 0 Å². The number of hydrogen-bond donors (Lipinski definition) is 0. The lowest BCUT2D eigenvalue weighted by Gasteiger charge is -2.03. The van der Waals surface area contributed by atoms with Gasteiger partial charge in [0.2, 0.25) is 5.76 Å². The first kappa shape index (κ1) is 15.5. The van der Waals surface area contributed by atoms with Crippen molar-refractivity contribution in [3.8, 4) is 0 Å². The summed E-state index contributed by atoms with van der Waals surface area (Å²) in [5, 5.41) is 0.859. The molecule has 1 heterocycles. The van der Waals surface area contributed by atoms with Crippen LogP contribution in [0, 0.1) is 6.92 Å². The highest BCUT2D eigenvalue weighted by molar-refractivity contribution is 9.10. The molecule has 4 nitrogen and oxygen atoms in total. The lowest BCUT2D eigenvalue weighted by molar-refractivity contribution is 0.0445. The first-order valence-corrected chi connectivity index (χ1v) is 7.79. The SMILES string of the molecule is Cc1c(C(=O)OCC(=O)c2cccc(Br)c2)oc2ccccc12. The molecule has 0 aliphatic heterocycles. The van der Waals surface area contributed by atoms with Gasteiger partial charge in [-0.15, -0.1) is 0 Å². The molecular weight excluding hydrogens is 360 g/mol. The fraction of sp³-hybridized carbons (Fsp3) is 0.111. The molecule has 0 aliphatic rings. The van der Waals surface area contributed by atoms with E-state index in [0.29, 0.717) is 16.7 Å². The van der Waals surface area contributed by atoms with Gasteiger partial charge in [-0.25, -0.2) is 4.79 Å². The minimum absolute atomic E-state index is 0.133. The van der Waals surface area contributed by atoms with Crippen LogP contribution in [0.25, 0.3) is 11.0 Å². The van der Waals surface area contributed by atoms with Gasteiger partial charge in [-0.05, 0) is 25.1 Å². The zero-order valence-corrected chi connectivity index (χ0v) is 13.9. The fourth-order valence-corrected chi connectivity index (χ4v) is 2.71. The van der Waals surface area contributed by atoms with E-state index in [2.05, 4.69) is 15.9 Å². The Bertz CT molecular complexity index is 895. The first-order valence-electron chi connectivity index (χ1n) is 7.00. The van der Waals surface area contributed by atoms with E-state index in [4.69, 9.17) is 9.15 Å². The highest BCUT2D eigenvalue weighted by Gasteiger charge is 2.20. The molecule has 2 aromatic carbocycles. The third-order valence-electron chi connectivity index (χ3n) is 3.51. The smallest absolute Gasteiger partial charge is 0.375 e. The number of fused-ring (bicyclic) bond motifs is 1. The van der Waals surface area contributed by atoms with E-state index in [1.807, 2.05) is 24.3 Å². The van der Waals surface area contributed by atoms with Crippen molar-refractivity contribution in [3.63, 3.8) is 0 Å². The van der Waals surface area contributed by atoms with Gasteiger partial charge >= 0.3 is 5.97 Å². The van der Waals surface area contributed by atoms with Crippen LogP contribution < -0.4 is 0 Å². The Hall–Kier alpha value is -2.40. The van der Waals surface area contributed by atoms with Gasteiger partial charge in [0, 0.05) is 21.0 Å². The Labute approximate surface area is 141 Å². The van der Waals surface area contributed by atoms with Gasteiger partial charge in [0.05, 0.1) is 0 Å². The maximum absolute atomic E-state index is 12.2. The predicted octanol–water partition coefficient (Wildman–Crippen LogP) is 4.54. The summed E-state index contributed by atoms with van der Waals surface area (Å²) < 4.78 is 11.4. The molecular formula is C18H13BrO4. The third-order valence-corrected chi connectivity index (χ3v) is 4.00. The molecule has 0 saturated heterocycles. The zero-order chi connectivity index (χ0) is 16.4. The minimum Gasteiger partial charge on any atom is -0.451 e. The molecule has 0 N–H and O–H groups in total. The van der Waals surface area contributed by atoms with E-state index < -0.39 is 5.97 Å². The standard InChI is InChI=1S/C18H13BrO4/c1-11-14-7-2-3-8-16(14)23-17(11)18(21)22-10-15(20)12-5-4-6-13(19)9-12/h2-9H,10H2,1H3. The summed E-state index contributed by atoms with van der Waals surface area (Å²) in [7, 11) is 0. The molecule has 5 heteroatoms. The lowest BCUT2D eigenvalue weighted by Crippen LogP contribution is -2.14. The van der Waals surface area contributed by atoms with Crippen molar-refractivity contribution in [3.05, 3.63) is 69.9 Å². The Morgan fingerprint density at radius 2 is 1.91 bits per heavy atom. The van der Waals surface area contributed by atoms with E-state index in [0.717, 1.165) is 9.86 Å². The molecule has 0 saturated carbocycles. The maximum atomic E-state index is 12.2. The summed E-state index contributed by atoms with van der Waals surface area (Å²) in [6.45, 7) is 1.46. The topological polar surface area (TPSA) is 56.5 Å². The van der Waals surface area contributed by atoms with Crippen molar-refractivity contribution in [1.29, 1.82) is 0 Å². The number of carbonyl (C=O) groups excluding carboxylic acids is 2. The summed E-state index contributed by atoms with van der Waals surface area (Å²) in [6, 6.07) is 14.3. The number of ketones is 1. The second-order valence-corrected chi connectivity index (χ2v) is 5.98. The van der Waals surface area contributed by atoms with Crippen molar-refractivity contribution >= 4 is 38.7 Å². The lowest BCUT2D eigenvalue weighted by atomic mass is 10.1. The Morgan fingerprint density at radius 3 is 2.65 bits per heavy atom. The Morgan fingerprint density at radius 1 is 1.13 bits per heavy atom. The van der Waals surface area contributed by atoms with Gasteiger partial charge in [0.25, 0.3) is 0 Å². The molecule has 23 heavy (non-hydrogen) atoms. The molecule has 0 spiro atoms. The number of ether oxygens (including phenoxy) is 1. The molecule has 0 bridgehead atoms. The third kappa shape index (κ3) is 3.19. The van der Waals surface area contributed by atoms with Crippen LogP contribution in [-0.4, -0.2) is 18.4 Å². The van der Waals surface area contributed by atoms with Crippen molar-refractivity contribution in [2.45, 2.75) is 6.92 Å². The minimum atomic E-state index is -0.637. The highest BCUT2D eigenvalue weighted by Crippen LogP contribution is 2.25. The van der Waals surface area contributed by atoms with E-state index in [1.54, 1.807) is 31.2 Å². The van der Waals surface area contributed by atoms with Gasteiger partial charge in [-0.1, -0.05) is 46.3 Å². The molecule has 3 rings (SSSR count). The summed E-state index contributed by atoms with van der Waals surface area (Å²) in [5.74, 6) is -0.774. The van der Waals surface area contributed by atoms with Crippen LogP contribution in [0.15, 0.2) is 57.4 Å². The summed E-state index contributed by atoms with van der Waals surface area (Å²) in [6.07, 6.45) is 0. The highest BCUT2D eigenvalue weighted by atomic mass is 79.9. The van der Waals surface area contributed by atoms with E-state index in [1.165, 1.54) is 0 Å². The molecule has 0 unspecified atom stereocenters. The number of esters is 1. The van der Waals surface area contributed by atoms with Crippen LogP contribution in [0.5, 0.6) is 0 Å². The number of para-hydroxylation sites is 1. The second-order valence-electron chi connectivity index (χ2n) is 5.06. The van der Waals surface area contributed by atoms with E-state index in [9.17, 15) is 9.59 Å². The second kappa shape index (κ2) is 6.38. The van der Waals surface area contributed by atoms with Gasteiger partial charge in [0.1, 0.15) is 5.58 Å². The van der Waals surface area contributed by atoms with Crippen LogP contribution in [0.3, 0.4) is 0 Å². The van der Waals surface area contributed by atoms with Crippen LogP contribution in [-0.2, 0) is 4.74 Å². The fourth-order valence-electron chi connectivity index (χ4n) is 2.31. The van der Waals surface area contributed by atoms with Gasteiger partial charge in [0.15, 0.2) is 12.4 Å². The summed E-state index contributed by atoms with van der Waals surface area (Å²) >= 11 is 3.30. The number of halogens is 1.